The van der Waals surface area contributed by atoms with E-state index >= 15 is 0 Å². The third kappa shape index (κ3) is 7.69. The van der Waals surface area contributed by atoms with Crippen molar-refractivity contribution in [2.75, 3.05) is 11.4 Å². The second-order valence-corrected chi connectivity index (χ2v) is 8.92. The van der Waals surface area contributed by atoms with E-state index in [0.29, 0.717) is 13.1 Å². The van der Waals surface area contributed by atoms with Crippen molar-refractivity contribution in [3.63, 3.8) is 0 Å². The second kappa shape index (κ2) is 12.5. The van der Waals surface area contributed by atoms with Gasteiger partial charge >= 0.3 is 0 Å². The largest absolute Gasteiger partial charge is 0.497 e. The van der Waals surface area contributed by atoms with Crippen molar-refractivity contribution in [1.29, 1.82) is 0 Å². The van der Waals surface area contributed by atoms with Gasteiger partial charge in [0, 0.05) is 6.54 Å². The Morgan fingerprint density at radius 3 is 1.89 bits per heavy atom. The molecule has 0 heterocycles. The summed E-state index contributed by atoms with van der Waals surface area (Å²) in [6, 6.07) is 28.5. The van der Waals surface area contributed by atoms with Crippen LogP contribution in [0.1, 0.15) is 11.1 Å². The van der Waals surface area contributed by atoms with Gasteiger partial charge in [-0.3, -0.25) is 4.31 Å². The molecule has 0 amide bonds. The SMILES string of the molecule is COc1ccc(N(Cc2ccccc2)S[PH+]=S)cc1.NCc1ccccc1. The maximum absolute atomic E-state index is 5.35. The number of benzene rings is 3. The van der Waals surface area contributed by atoms with Crippen molar-refractivity contribution in [2.24, 2.45) is 5.73 Å². The number of methoxy groups -OCH3 is 1. The molecule has 0 spiro atoms. The summed E-state index contributed by atoms with van der Waals surface area (Å²) in [6.45, 7) is 1.90. The van der Waals surface area contributed by atoms with Crippen molar-refractivity contribution in [2.45, 2.75) is 13.1 Å². The van der Waals surface area contributed by atoms with Crippen molar-refractivity contribution >= 4 is 35.6 Å². The molecule has 1 atom stereocenters. The zero-order chi connectivity index (χ0) is 19.3. The summed E-state index contributed by atoms with van der Waals surface area (Å²) in [5.74, 6) is 0.870. The maximum atomic E-state index is 5.35. The van der Waals surface area contributed by atoms with Crippen LogP contribution in [0.3, 0.4) is 0 Å². The summed E-state index contributed by atoms with van der Waals surface area (Å²) in [6.07, 6.45) is 0. The Morgan fingerprint density at radius 2 is 1.44 bits per heavy atom. The summed E-state index contributed by atoms with van der Waals surface area (Å²) >= 11 is 6.79. The molecule has 0 radical (unpaired) electrons. The molecule has 0 fully saturated rings. The first-order chi connectivity index (χ1) is 13.3. The predicted molar refractivity (Wildman–Crippen MR) is 123 cm³/mol. The van der Waals surface area contributed by atoms with Gasteiger partial charge in [-0.2, -0.15) is 0 Å². The monoisotopic (exact) mass is 415 g/mol. The summed E-state index contributed by atoms with van der Waals surface area (Å²) in [7, 11) is 1.68. The lowest BCUT2D eigenvalue weighted by molar-refractivity contribution is 0.415. The molecule has 0 saturated heterocycles. The van der Waals surface area contributed by atoms with E-state index in [1.807, 2.05) is 48.5 Å². The molecule has 0 aromatic heterocycles. The number of nitrogens with zero attached hydrogens (tertiary/aromatic N) is 1. The number of hydrogen-bond acceptors (Lipinski definition) is 5. The number of rotatable bonds is 7. The zero-order valence-electron chi connectivity index (χ0n) is 15.2. The van der Waals surface area contributed by atoms with E-state index in [4.69, 9.17) is 22.3 Å². The van der Waals surface area contributed by atoms with Crippen LogP contribution >= 0.6 is 18.1 Å². The van der Waals surface area contributed by atoms with Crippen LogP contribution in [0, 0.1) is 0 Å². The highest BCUT2D eigenvalue weighted by Crippen LogP contribution is 2.32. The second-order valence-electron chi connectivity index (χ2n) is 5.58. The minimum absolute atomic E-state index is 0.408. The van der Waals surface area contributed by atoms with Gasteiger partial charge in [-0.25, -0.2) is 0 Å². The van der Waals surface area contributed by atoms with Gasteiger partial charge < -0.3 is 10.5 Å². The minimum atomic E-state index is 0.408. The molecule has 27 heavy (non-hydrogen) atoms. The molecule has 3 nitrogen and oxygen atoms in total. The molecule has 0 bridgehead atoms. The molecule has 0 saturated carbocycles. The highest BCUT2D eigenvalue weighted by Gasteiger charge is 2.11. The van der Waals surface area contributed by atoms with Crippen LogP contribution in [0.4, 0.5) is 5.69 Å². The van der Waals surface area contributed by atoms with Gasteiger partial charge in [-0.05, 0) is 35.4 Å². The minimum Gasteiger partial charge on any atom is -0.497 e. The van der Waals surface area contributed by atoms with E-state index in [-0.39, 0.29) is 0 Å². The molecule has 6 heteroatoms. The smallest absolute Gasteiger partial charge is 0.254 e. The number of anilines is 1. The van der Waals surface area contributed by atoms with Crippen LogP contribution in [0.2, 0.25) is 0 Å². The molecule has 0 aliphatic carbocycles. The molecule has 140 valence electrons. The van der Waals surface area contributed by atoms with Crippen LogP contribution in [0.5, 0.6) is 5.75 Å². The molecule has 3 aromatic rings. The lowest BCUT2D eigenvalue weighted by Crippen LogP contribution is -2.11. The summed E-state index contributed by atoms with van der Waals surface area (Å²) < 4.78 is 7.41. The first kappa shape index (κ1) is 21.4. The standard InChI is InChI=1S/C14H14NOPS2.C7H9N/c1-16-14-9-7-13(8-10-14)15(19-17-18)11-12-5-3-2-4-6-12;8-6-7-4-2-1-3-5-7/h2-10H,11H2,1H3;1-5H,6,8H2/p+1. The van der Waals surface area contributed by atoms with Crippen molar-refractivity contribution < 1.29 is 4.74 Å². The fraction of sp³-hybridized carbons (Fsp3) is 0.143. The molecular weight excluding hydrogens is 391 g/mol. The predicted octanol–water partition coefficient (Wildman–Crippen LogP) is 5.55. The maximum Gasteiger partial charge on any atom is 0.254 e. The number of nitrogens with two attached hydrogens (primary N) is 1. The van der Waals surface area contributed by atoms with E-state index in [1.165, 1.54) is 11.1 Å². The highest BCUT2D eigenvalue weighted by atomic mass is 32.9. The Morgan fingerprint density at radius 1 is 0.889 bits per heavy atom. The summed E-state index contributed by atoms with van der Waals surface area (Å²) in [5, 5.41) is 0. The van der Waals surface area contributed by atoms with Crippen molar-refractivity contribution in [3.05, 3.63) is 96.1 Å². The van der Waals surface area contributed by atoms with Crippen molar-refractivity contribution in [1.82, 2.24) is 0 Å². The summed E-state index contributed by atoms with van der Waals surface area (Å²) in [4.78, 5) is 0. The average molecular weight is 416 g/mol. The van der Waals surface area contributed by atoms with Crippen LogP contribution in [-0.2, 0) is 24.9 Å². The van der Waals surface area contributed by atoms with Gasteiger partial charge in [0.1, 0.15) is 5.75 Å². The molecule has 3 aromatic carbocycles. The highest BCUT2D eigenvalue weighted by molar-refractivity contribution is 8.58. The molecule has 0 aliphatic rings. The van der Waals surface area contributed by atoms with Crippen LogP contribution < -0.4 is 14.8 Å². The van der Waals surface area contributed by atoms with E-state index in [9.17, 15) is 0 Å². The molecule has 2 N–H and O–H groups in total. The Labute approximate surface area is 172 Å². The Balaban J connectivity index is 0.000000273. The van der Waals surface area contributed by atoms with Gasteiger partial charge in [0.25, 0.3) is 6.56 Å². The third-order valence-electron chi connectivity index (χ3n) is 3.76. The van der Waals surface area contributed by atoms with Gasteiger partial charge in [0.2, 0.25) is 11.6 Å². The molecule has 3 rings (SSSR count). The Hall–Kier alpha value is -1.91. The van der Waals surface area contributed by atoms with Gasteiger partial charge in [-0.1, -0.05) is 60.7 Å². The van der Waals surface area contributed by atoms with E-state index in [2.05, 4.69) is 40.7 Å². The van der Waals surface area contributed by atoms with Gasteiger partial charge in [0.05, 0.1) is 19.3 Å². The quantitative estimate of drug-likeness (QED) is 0.404. The van der Waals surface area contributed by atoms with Crippen molar-refractivity contribution in [3.8, 4) is 5.75 Å². The lowest BCUT2D eigenvalue weighted by atomic mass is 10.2. The lowest BCUT2D eigenvalue weighted by Gasteiger charge is -2.17. The van der Waals surface area contributed by atoms with E-state index in [1.54, 1.807) is 18.7 Å². The average Bonchev–Trinajstić information content (AvgIpc) is 2.75. The first-order valence-electron chi connectivity index (χ1n) is 8.50. The Bertz CT molecular complexity index is 786. The first-order valence-corrected chi connectivity index (χ1v) is 12.1. The number of ether oxygens (including phenoxy) is 1. The Kier molecular flexibility index (Phi) is 9.88. The fourth-order valence-electron chi connectivity index (χ4n) is 2.33. The van der Waals surface area contributed by atoms with Crippen LogP contribution in [0.15, 0.2) is 84.9 Å². The summed E-state index contributed by atoms with van der Waals surface area (Å²) in [5.41, 5.74) is 8.96. The topological polar surface area (TPSA) is 38.5 Å². The van der Waals surface area contributed by atoms with E-state index < -0.39 is 0 Å². The van der Waals surface area contributed by atoms with Crippen LogP contribution in [-0.4, -0.2) is 7.11 Å². The normalized spacial score (nSPS) is 10.0. The zero-order valence-corrected chi connectivity index (χ0v) is 17.9. The van der Waals surface area contributed by atoms with E-state index in [0.717, 1.165) is 18.0 Å². The molecular formula is C21H24N2OPS2+. The fourth-order valence-corrected chi connectivity index (χ4v) is 4.45. The van der Waals surface area contributed by atoms with Gasteiger partial charge in [0.15, 0.2) is 11.8 Å². The molecule has 0 aliphatic heterocycles. The molecule has 1 unspecified atom stereocenters. The van der Waals surface area contributed by atoms with Crippen LogP contribution in [0.25, 0.3) is 0 Å². The third-order valence-corrected chi connectivity index (χ3v) is 5.95. The number of hydrogen-bond donors (Lipinski definition) is 1. The van der Waals surface area contributed by atoms with Gasteiger partial charge in [-0.15, -0.1) is 0 Å².